The second kappa shape index (κ2) is 7.10. The van der Waals surface area contributed by atoms with E-state index < -0.39 is 0 Å². The molecule has 0 atom stereocenters. The average molecular weight is 343 g/mol. The van der Waals surface area contributed by atoms with Gasteiger partial charge in [0, 0.05) is 18.3 Å². The molecule has 0 bridgehead atoms. The Kier molecular flexibility index (Phi) is 4.72. The number of tetrazole rings is 1. The summed E-state index contributed by atoms with van der Waals surface area (Å²) in [6.45, 7) is 0.117. The van der Waals surface area contributed by atoms with E-state index in [-0.39, 0.29) is 12.5 Å². The number of para-hydroxylation sites is 1. The third kappa shape index (κ3) is 3.69. The van der Waals surface area contributed by atoms with Crippen LogP contribution >= 0.6 is 11.6 Å². The molecule has 3 rings (SSSR count). The number of amides is 1. The van der Waals surface area contributed by atoms with Gasteiger partial charge in [0.2, 0.25) is 5.91 Å². The Balaban J connectivity index is 1.64. The number of carbonyl (C=O) groups is 1. The van der Waals surface area contributed by atoms with Crippen LogP contribution in [0.3, 0.4) is 0 Å². The summed E-state index contributed by atoms with van der Waals surface area (Å²) in [7, 11) is 1.77. The topological polar surface area (TPSA) is 84.7 Å². The van der Waals surface area contributed by atoms with Gasteiger partial charge in [-0.1, -0.05) is 35.9 Å². The number of hydrogen-bond donors (Lipinski definition) is 2. The minimum atomic E-state index is -0.186. The summed E-state index contributed by atoms with van der Waals surface area (Å²) in [6, 6.07) is 14.6. The number of halogens is 1. The van der Waals surface area contributed by atoms with Gasteiger partial charge in [0.1, 0.15) is 0 Å². The van der Waals surface area contributed by atoms with Gasteiger partial charge in [-0.15, -0.1) is 5.10 Å². The molecular weight excluding hydrogens is 328 g/mol. The number of aryl methyl sites for hydroxylation is 1. The second-order valence-corrected chi connectivity index (χ2v) is 5.50. The van der Waals surface area contributed by atoms with Gasteiger partial charge >= 0.3 is 0 Å². The summed E-state index contributed by atoms with van der Waals surface area (Å²) < 4.78 is 1.59. The van der Waals surface area contributed by atoms with Crippen molar-refractivity contribution in [2.24, 2.45) is 7.05 Å². The van der Waals surface area contributed by atoms with Crippen molar-refractivity contribution >= 4 is 28.9 Å². The van der Waals surface area contributed by atoms with E-state index in [0.717, 1.165) is 11.3 Å². The third-order valence-corrected chi connectivity index (χ3v) is 3.67. The van der Waals surface area contributed by atoms with Crippen LogP contribution in [0.25, 0.3) is 11.4 Å². The zero-order valence-electron chi connectivity index (χ0n) is 12.9. The van der Waals surface area contributed by atoms with Crippen LogP contribution in [0.5, 0.6) is 0 Å². The summed E-state index contributed by atoms with van der Waals surface area (Å²) in [5.74, 6) is 0.466. The van der Waals surface area contributed by atoms with Gasteiger partial charge in [0.15, 0.2) is 5.82 Å². The molecule has 0 spiro atoms. The van der Waals surface area contributed by atoms with Gasteiger partial charge in [-0.25, -0.2) is 4.68 Å². The molecule has 24 heavy (non-hydrogen) atoms. The first-order valence-corrected chi connectivity index (χ1v) is 7.62. The summed E-state index contributed by atoms with van der Waals surface area (Å²) >= 11 is 6.02. The van der Waals surface area contributed by atoms with E-state index in [9.17, 15) is 4.79 Å². The Morgan fingerprint density at radius 3 is 2.79 bits per heavy atom. The van der Waals surface area contributed by atoms with Crippen molar-refractivity contribution in [3.8, 4) is 11.4 Å². The molecule has 2 aromatic carbocycles. The minimum absolute atomic E-state index is 0.117. The number of benzene rings is 2. The van der Waals surface area contributed by atoms with E-state index in [0.29, 0.717) is 16.5 Å². The Morgan fingerprint density at radius 1 is 1.21 bits per heavy atom. The summed E-state index contributed by atoms with van der Waals surface area (Å²) in [6.07, 6.45) is 0. The average Bonchev–Trinajstić information content (AvgIpc) is 3.01. The maximum Gasteiger partial charge on any atom is 0.243 e. The normalized spacial score (nSPS) is 10.4. The molecule has 7 nitrogen and oxygen atoms in total. The highest BCUT2D eigenvalue weighted by Crippen LogP contribution is 2.21. The Morgan fingerprint density at radius 2 is 2.04 bits per heavy atom. The number of carbonyl (C=O) groups excluding carboxylic acids is 1. The second-order valence-electron chi connectivity index (χ2n) is 5.09. The summed E-state index contributed by atoms with van der Waals surface area (Å²) in [5, 5.41) is 17.7. The molecule has 0 fully saturated rings. The van der Waals surface area contributed by atoms with Crippen molar-refractivity contribution < 1.29 is 4.79 Å². The van der Waals surface area contributed by atoms with Gasteiger partial charge in [-0.2, -0.15) is 0 Å². The van der Waals surface area contributed by atoms with E-state index in [1.807, 2.05) is 36.4 Å². The van der Waals surface area contributed by atoms with Gasteiger partial charge in [-0.05, 0) is 34.7 Å². The molecule has 0 aliphatic heterocycles. The zero-order valence-corrected chi connectivity index (χ0v) is 13.7. The molecule has 0 aliphatic rings. The summed E-state index contributed by atoms with van der Waals surface area (Å²) in [5.41, 5.74) is 2.24. The van der Waals surface area contributed by atoms with Gasteiger partial charge < -0.3 is 10.6 Å². The number of nitrogens with one attached hydrogen (secondary N) is 2. The van der Waals surface area contributed by atoms with E-state index in [1.54, 1.807) is 23.9 Å². The smallest absolute Gasteiger partial charge is 0.243 e. The highest BCUT2D eigenvalue weighted by molar-refractivity contribution is 6.33. The Bertz CT molecular complexity index is 863. The molecule has 0 unspecified atom stereocenters. The fourth-order valence-electron chi connectivity index (χ4n) is 2.18. The molecule has 0 aliphatic carbocycles. The van der Waals surface area contributed by atoms with Crippen molar-refractivity contribution in [3.05, 3.63) is 53.6 Å². The van der Waals surface area contributed by atoms with E-state index in [2.05, 4.69) is 26.2 Å². The number of rotatable bonds is 5. The van der Waals surface area contributed by atoms with Gasteiger partial charge in [0.05, 0.1) is 17.3 Å². The number of nitrogens with zero attached hydrogens (tertiary/aromatic N) is 4. The van der Waals surface area contributed by atoms with Crippen LogP contribution in [-0.2, 0) is 11.8 Å². The zero-order chi connectivity index (χ0) is 16.9. The maximum absolute atomic E-state index is 12.0. The van der Waals surface area contributed by atoms with Crippen LogP contribution in [0.4, 0.5) is 11.4 Å². The lowest BCUT2D eigenvalue weighted by molar-refractivity contribution is -0.114. The molecule has 0 radical (unpaired) electrons. The first kappa shape index (κ1) is 15.9. The van der Waals surface area contributed by atoms with Crippen LogP contribution in [-0.4, -0.2) is 32.7 Å². The summed E-state index contributed by atoms with van der Waals surface area (Å²) in [4.78, 5) is 12.0. The molecule has 1 amide bonds. The van der Waals surface area contributed by atoms with Crippen molar-refractivity contribution in [2.45, 2.75) is 0 Å². The fraction of sp³-hybridized carbons (Fsp3) is 0.125. The van der Waals surface area contributed by atoms with Gasteiger partial charge in [0.25, 0.3) is 0 Å². The Labute approximate surface area is 143 Å². The van der Waals surface area contributed by atoms with Crippen molar-refractivity contribution in [1.82, 2.24) is 20.2 Å². The molecule has 8 heteroatoms. The van der Waals surface area contributed by atoms with Crippen LogP contribution < -0.4 is 10.6 Å². The van der Waals surface area contributed by atoms with Crippen LogP contribution in [0, 0.1) is 0 Å². The monoisotopic (exact) mass is 342 g/mol. The predicted molar refractivity (Wildman–Crippen MR) is 92.8 cm³/mol. The van der Waals surface area contributed by atoms with Crippen molar-refractivity contribution in [1.29, 1.82) is 0 Å². The minimum Gasteiger partial charge on any atom is -0.376 e. The Hall–Kier alpha value is -2.93. The number of aromatic nitrogens is 4. The molecular formula is C16H15ClN6O. The molecule has 1 aromatic heterocycles. The number of hydrogen-bond acceptors (Lipinski definition) is 5. The molecule has 3 aromatic rings. The maximum atomic E-state index is 12.0. The van der Waals surface area contributed by atoms with Gasteiger partial charge in [-0.3, -0.25) is 4.79 Å². The standard InChI is InChI=1S/C16H15ClN6O/c1-23-16(20-21-22-23)11-5-4-6-12(9-11)18-10-15(24)19-14-8-3-2-7-13(14)17/h2-9,18H,10H2,1H3,(H,19,24). The lowest BCUT2D eigenvalue weighted by atomic mass is 10.2. The first-order valence-electron chi connectivity index (χ1n) is 7.24. The van der Waals surface area contributed by atoms with E-state index in [1.165, 1.54) is 0 Å². The quantitative estimate of drug-likeness (QED) is 0.744. The largest absolute Gasteiger partial charge is 0.376 e. The lowest BCUT2D eigenvalue weighted by Crippen LogP contribution is -2.21. The van der Waals surface area contributed by atoms with E-state index in [4.69, 9.17) is 11.6 Å². The SMILES string of the molecule is Cn1nnnc1-c1cccc(NCC(=O)Nc2ccccc2Cl)c1. The highest BCUT2D eigenvalue weighted by atomic mass is 35.5. The van der Waals surface area contributed by atoms with Crippen LogP contribution in [0.2, 0.25) is 5.02 Å². The first-order chi connectivity index (χ1) is 11.6. The van der Waals surface area contributed by atoms with Crippen molar-refractivity contribution in [2.75, 3.05) is 17.2 Å². The molecule has 0 saturated carbocycles. The molecule has 0 saturated heterocycles. The van der Waals surface area contributed by atoms with E-state index >= 15 is 0 Å². The predicted octanol–water partition coefficient (Wildman–Crippen LogP) is 2.58. The fourth-order valence-corrected chi connectivity index (χ4v) is 2.36. The molecule has 1 heterocycles. The van der Waals surface area contributed by atoms with Crippen LogP contribution in [0.1, 0.15) is 0 Å². The van der Waals surface area contributed by atoms with Crippen LogP contribution in [0.15, 0.2) is 48.5 Å². The molecule has 2 N–H and O–H groups in total. The number of anilines is 2. The van der Waals surface area contributed by atoms with Crippen molar-refractivity contribution in [3.63, 3.8) is 0 Å². The molecule has 122 valence electrons. The lowest BCUT2D eigenvalue weighted by Gasteiger charge is -2.09. The third-order valence-electron chi connectivity index (χ3n) is 3.34. The highest BCUT2D eigenvalue weighted by Gasteiger charge is 2.08.